The van der Waals surface area contributed by atoms with Crippen LogP contribution in [0.4, 0.5) is 0 Å². The topological polar surface area (TPSA) is 56.0 Å². The summed E-state index contributed by atoms with van der Waals surface area (Å²) in [5, 5.41) is 0. The predicted molar refractivity (Wildman–Crippen MR) is 48.8 cm³/mol. The molecule has 0 aliphatic carbocycles. The zero-order valence-electron chi connectivity index (χ0n) is 7.38. The maximum absolute atomic E-state index is 11.6. The molecule has 0 bridgehead atoms. The summed E-state index contributed by atoms with van der Waals surface area (Å²) in [6.07, 6.45) is 7.89. The molecule has 0 aliphatic heterocycles. The number of nitrogens with zero attached hydrogens (tertiary/aromatic N) is 2. The number of aromatic nitrogens is 2. The zero-order chi connectivity index (χ0) is 9.80. The third kappa shape index (κ3) is 1.85. The number of rotatable bonds is 3. The second-order valence-electron chi connectivity index (χ2n) is 2.82. The van der Waals surface area contributed by atoms with Crippen molar-refractivity contribution in [2.75, 3.05) is 0 Å². The van der Waals surface area contributed by atoms with Gasteiger partial charge in [0.1, 0.15) is 5.69 Å². The molecule has 14 heavy (non-hydrogen) atoms. The first kappa shape index (κ1) is 8.62. The smallest absolute Gasteiger partial charge is 0.187 e. The predicted octanol–water partition coefficient (Wildman–Crippen LogP) is 1.49. The van der Waals surface area contributed by atoms with Gasteiger partial charge in [-0.15, -0.1) is 0 Å². The molecule has 0 aromatic carbocycles. The van der Waals surface area contributed by atoms with Crippen molar-refractivity contribution >= 4 is 5.78 Å². The Morgan fingerprint density at radius 1 is 1.43 bits per heavy atom. The molecule has 0 fully saturated rings. The fourth-order valence-electron chi connectivity index (χ4n) is 1.11. The molecule has 4 nitrogen and oxygen atoms in total. The van der Waals surface area contributed by atoms with Crippen LogP contribution >= 0.6 is 0 Å². The van der Waals surface area contributed by atoms with Crippen LogP contribution in [0.15, 0.2) is 41.6 Å². The Bertz CT molecular complexity index is 409. The molecule has 2 heterocycles. The molecule has 0 unspecified atom stereocenters. The van der Waals surface area contributed by atoms with Crippen LogP contribution in [0.1, 0.15) is 16.1 Å². The van der Waals surface area contributed by atoms with Crippen LogP contribution in [-0.4, -0.2) is 15.8 Å². The number of carbonyl (C=O) groups is 1. The van der Waals surface area contributed by atoms with E-state index < -0.39 is 0 Å². The normalized spacial score (nSPS) is 10.0. The van der Waals surface area contributed by atoms with Crippen LogP contribution < -0.4 is 0 Å². The molecule has 4 heteroatoms. The molecule has 70 valence electrons. The van der Waals surface area contributed by atoms with E-state index in [0.717, 1.165) is 5.56 Å². The van der Waals surface area contributed by atoms with Crippen molar-refractivity contribution in [3.8, 4) is 0 Å². The minimum absolute atomic E-state index is 0.0560. The number of hydrogen-bond acceptors (Lipinski definition) is 4. The molecular formula is C10H8N2O2. The Hall–Kier alpha value is -1.97. The summed E-state index contributed by atoms with van der Waals surface area (Å²) in [6.45, 7) is 0. The molecule has 0 radical (unpaired) electrons. The first-order chi connectivity index (χ1) is 6.86. The average molecular weight is 188 g/mol. The SMILES string of the molecule is O=C(Cc1ccoc1)c1cnccn1. The van der Waals surface area contributed by atoms with E-state index in [9.17, 15) is 4.79 Å². The van der Waals surface area contributed by atoms with Crippen LogP contribution in [0.25, 0.3) is 0 Å². The fourth-order valence-corrected chi connectivity index (χ4v) is 1.11. The minimum Gasteiger partial charge on any atom is -0.472 e. The summed E-state index contributed by atoms with van der Waals surface area (Å²) in [5.74, 6) is -0.0560. The lowest BCUT2D eigenvalue weighted by atomic mass is 10.1. The number of furan rings is 1. The second-order valence-corrected chi connectivity index (χ2v) is 2.82. The lowest BCUT2D eigenvalue weighted by molar-refractivity contribution is 0.0987. The highest BCUT2D eigenvalue weighted by molar-refractivity contribution is 5.95. The standard InChI is InChI=1S/C10H8N2O2/c13-10(5-8-1-4-14-7-8)9-6-11-2-3-12-9/h1-4,6-7H,5H2. The molecule has 0 atom stereocenters. The Balaban J connectivity index is 2.11. The van der Waals surface area contributed by atoms with Crippen LogP contribution in [0, 0.1) is 0 Å². The van der Waals surface area contributed by atoms with E-state index in [1.54, 1.807) is 18.6 Å². The maximum atomic E-state index is 11.6. The largest absolute Gasteiger partial charge is 0.472 e. The summed E-state index contributed by atoms with van der Waals surface area (Å²) in [4.78, 5) is 19.3. The fraction of sp³-hybridized carbons (Fsp3) is 0.100. The molecule has 0 amide bonds. The van der Waals surface area contributed by atoms with Gasteiger partial charge in [0.05, 0.1) is 18.7 Å². The van der Waals surface area contributed by atoms with Crippen LogP contribution in [-0.2, 0) is 6.42 Å². The van der Waals surface area contributed by atoms with E-state index in [0.29, 0.717) is 12.1 Å². The van der Waals surface area contributed by atoms with Crippen molar-refractivity contribution in [1.29, 1.82) is 0 Å². The lowest BCUT2D eigenvalue weighted by Crippen LogP contribution is -2.05. The summed E-state index contributed by atoms with van der Waals surface area (Å²) >= 11 is 0. The molecular weight excluding hydrogens is 180 g/mol. The summed E-state index contributed by atoms with van der Waals surface area (Å²) in [6, 6.07) is 1.76. The summed E-state index contributed by atoms with van der Waals surface area (Å²) in [5.41, 5.74) is 1.23. The third-order valence-corrected chi connectivity index (χ3v) is 1.79. The highest BCUT2D eigenvalue weighted by Gasteiger charge is 2.08. The number of Topliss-reactive ketones (excluding diaryl/α,β-unsaturated/α-hetero) is 1. The Morgan fingerprint density at radius 2 is 2.36 bits per heavy atom. The first-order valence-corrected chi connectivity index (χ1v) is 4.16. The number of ketones is 1. The molecule has 0 aliphatic rings. The van der Waals surface area contributed by atoms with Gasteiger partial charge in [0.15, 0.2) is 5.78 Å². The highest BCUT2D eigenvalue weighted by Crippen LogP contribution is 2.04. The van der Waals surface area contributed by atoms with Gasteiger partial charge in [-0.3, -0.25) is 9.78 Å². The number of carbonyl (C=O) groups excluding carboxylic acids is 1. The van der Waals surface area contributed by atoms with Gasteiger partial charge in [-0.25, -0.2) is 4.98 Å². The molecule has 2 rings (SSSR count). The summed E-state index contributed by atoms with van der Waals surface area (Å²) in [7, 11) is 0. The van der Waals surface area contributed by atoms with Gasteiger partial charge in [-0.1, -0.05) is 0 Å². The van der Waals surface area contributed by atoms with Crippen LogP contribution in [0.3, 0.4) is 0 Å². The van der Waals surface area contributed by atoms with Crippen molar-refractivity contribution in [2.45, 2.75) is 6.42 Å². The minimum atomic E-state index is -0.0560. The lowest BCUT2D eigenvalue weighted by Gasteiger charge is -1.95. The van der Waals surface area contributed by atoms with Gasteiger partial charge in [0.2, 0.25) is 0 Å². The van der Waals surface area contributed by atoms with Gasteiger partial charge in [-0.05, 0) is 11.6 Å². The molecule has 2 aromatic heterocycles. The Kier molecular flexibility index (Phi) is 2.36. The Morgan fingerprint density at radius 3 is 3.00 bits per heavy atom. The maximum Gasteiger partial charge on any atom is 0.187 e. The van der Waals surface area contributed by atoms with Crippen LogP contribution in [0.2, 0.25) is 0 Å². The van der Waals surface area contributed by atoms with Crippen molar-refractivity contribution in [3.63, 3.8) is 0 Å². The monoisotopic (exact) mass is 188 g/mol. The van der Waals surface area contributed by atoms with Gasteiger partial charge < -0.3 is 4.42 Å². The first-order valence-electron chi connectivity index (χ1n) is 4.16. The average Bonchev–Trinajstić information content (AvgIpc) is 2.72. The van der Waals surface area contributed by atoms with E-state index in [1.165, 1.54) is 18.6 Å². The van der Waals surface area contributed by atoms with Crippen molar-refractivity contribution < 1.29 is 9.21 Å². The molecule has 0 saturated heterocycles. The van der Waals surface area contributed by atoms with Crippen molar-refractivity contribution in [2.24, 2.45) is 0 Å². The van der Waals surface area contributed by atoms with Gasteiger partial charge in [0.25, 0.3) is 0 Å². The second kappa shape index (κ2) is 3.83. The van der Waals surface area contributed by atoms with E-state index in [4.69, 9.17) is 4.42 Å². The molecule has 2 aromatic rings. The number of hydrogen-bond donors (Lipinski definition) is 0. The van der Waals surface area contributed by atoms with E-state index in [1.807, 2.05) is 0 Å². The van der Waals surface area contributed by atoms with Crippen LogP contribution in [0.5, 0.6) is 0 Å². The molecule has 0 spiro atoms. The Labute approximate surface area is 80.6 Å². The van der Waals surface area contributed by atoms with Gasteiger partial charge in [-0.2, -0.15) is 0 Å². The molecule has 0 saturated carbocycles. The van der Waals surface area contributed by atoms with Crippen molar-refractivity contribution in [3.05, 3.63) is 48.4 Å². The van der Waals surface area contributed by atoms with E-state index >= 15 is 0 Å². The van der Waals surface area contributed by atoms with E-state index in [2.05, 4.69) is 9.97 Å². The third-order valence-electron chi connectivity index (χ3n) is 1.79. The van der Waals surface area contributed by atoms with E-state index in [-0.39, 0.29) is 5.78 Å². The summed E-state index contributed by atoms with van der Waals surface area (Å²) < 4.78 is 4.86. The quantitative estimate of drug-likeness (QED) is 0.685. The molecule has 0 N–H and O–H groups in total. The van der Waals surface area contributed by atoms with Gasteiger partial charge in [0, 0.05) is 18.8 Å². The highest BCUT2D eigenvalue weighted by atomic mass is 16.3. The van der Waals surface area contributed by atoms with Gasteiger partial charge >= 0.3 is 0 Å². The van der Waals surface area contributed by atoms with Crippen molar-refractivity contribution in [1.82, 2.24) is 9.97 Å². The zero-order valence-corrected chi connectivity index (χ0v) is 7.38.